The highest BCUT2D eigenvalue weighted by molar-refractivity contribution is 6.03. The van der Waals surface area contributed by atoms with Crippen LogP contribution in [0.2, 0.25) is 0 Å². The van der Waals surface area contributed by atoms with Crippen molar-refractivity contribution in [2.75, 3.05) is 4.90 Å². The van der Waals surface area contributed by atoms with Crippen molar-refractivity contribution in [2.24, 2.45) is 0 Å². The third-order valence-corrected chi connectivity index (χ3v) is 14.5. The van der Waals surface area contributed by atoms with Crippen molar-refractivity contribution in [3.63, 3.8) is 0 Å². The van der Waals surface area contributed by atoms with E-state index in [1.54, 1.807) is 0 Å². The van der Waals surface area contributed by atoms with E-state index in [-0.39, 0.29) is 5.41 Å². The van der Waals surface area contributed by atoms with Crippen molar-refractivity contribution in [1.82, 2.24) is 0 Å². The van der Waals surface area contributed by atoms with E-state index >= 15 is 0 Å². The second-order valence-electron chi connectivity index (χ2n) is 17.9. The van der Waals surface area contributed by atoms with Crippen LogP contribution >= 0.6 is 0 Å². The largest absolute Gasteiger partial charge is 0.309 e. The SMILES string of the molecule is CC1(C)c2ccccc2-c2c(-c3ccccc3N(c3cccc(-c4ccc5ccccc5c4)c3)c3cccc4c3C3(c5ccccc5-c5ccccc53)c3ccccc3-4)cccc21. The van der Waals surface area contributed by atoms with Crippen LogP contribution in [0.4, 0.5) is 17.1 Å². The Bertz CT molecular complexity index is 3450. The average Bonchev–Trinajstić information content (AvgIpc) is 3.91. The maximum Gasteiger partial charge on any atom is 0.0746 e. The summed E-state index contributed by atoms with van der Waals surface area (Å²) in [4.78, 5) is 2.58. The lowest BCUT2D eigenvalue weighted by Gasteiger charge is -2.36. The molecule has 0 fully saturated rings. The Labute approximate surface area is 369 Å². The minimum absolute atomic E-state index is 0.119. The number of hydrogen-bond donors (Lipinski definition) is 0. The Balaban J connectivity index is 1.13. The smallest absolute Gasteiger partial charge is 0.0746 e. The Morgan fingerprint density at radius 1 is 0.317 bits per heavy atom. The van der Waals surface area contributed by atoms with Crippen LogP contribution in [0.1, 0.15) is 47.2 Å². The van der Waals surface area contributed by atoms with Gasteiger partial charge in [-0.05, 0) is 119 Å². The van der Waals surface area contributed by atoms with Gasteiger partial charge < -0.3 is 4.90 Å². The van der Waals surface area contributed by atoms with Gasteiger partial charge in [0.2, 0.25) is 0 Å². The van der Waals surface area contributed by atoms with Crippen molar-refractivity contribution in [2.45, 2.75) is 24.7 Å². The van der Waals surface area contributed by atoms with Gasteiger partial charge in [0, 0.05) is 22.2 Å². The number of hydrogen-bond acceptors (Lipinski definition) is 1. The number of para-hydroxylation sites is 1. The number of fused-ring (bicyclic) bond motifs is 14. The minimum Gasteiger partial charge on any atom is -0.309 e. The molecular formula is C62H43N. The summed E-state index contributed by atoms with van der Waals surface area (Å²) in [5.41, 5.74) is 23.5. The first-order valence-corrected chi connectivity index (χ1v) is 22.2. The van der Waals surface area contributed by atoms with Gasteiger partial charge in [0.25, 0.3) is 0 Å². The molecule has 63 heavy (non-hydrogen) atoms. The van der Waals surface area contributed by atoms with E-state index in [4.69, 9.17) is 0 Å². The number of benzene rings is 10. The van der Waals surface area contributed by atoms with Crippen molar-refractivity contribution >= 4 is 27.8 Å². The molecule has 0 radical (unpaired) electrons. The topological polar surface area (TPSA) is 3.24 Å². The first-order valence-electron chi connectivity index (χ1n) is 22.2. The molecule has 0 amide bonds. The molecule has 0 heterocycles. The molecule has 1 nitrogen and oxygen atoms in total. The van der Waals surface area contributed by atoms with E-state index in [0.29, 0.717) is 0 Å². The van der Waals surface area contributed by atoms with Gasteiger partial charge >= 0.3 is 0 Å². The molecule has 1 heteroatoms. The van der Waals surface area contributed by atoms with E-state index in [1.807, 2.05) is 0 Å². The number of nitrogens with zero attached hydrogens (tertiary/aromatic N) is 1. The molecule has 0 N–H and O–H groups in total. The highest BCUT2D eigenvalue weighted by atomic mass is 15.1. The lowest BCUT2D eigenvalue weighted by atomic mass is 9.70. The Hall–Kier alpha value is -7.74. The van der Waals surface area contributed by atoms with Crippen LogP contribution < -0.4 is 4.90 Å². The second-order valence-corrected chi connectivity index (χ2v) is 17.9. The fraction of sp³-hybridized carbons (Fsp3) is 0.0645. The Morgan fingerprint density at radius 3 is 1.54 bits per heavy atom. The van der Waals surface area contributed by atoms with Gasteiger partial charge in [0.1, 0.15) is 0 Å². The van der Waals surface area contributed by atoms with E-state index in [2.05, 4.69) is 243 Å². The summed E-state index contributed by atoms with van der Waals surface area (Å²) in [6, 6.07) is 84.2. The molecule has 10 aromatic rings. The fourth-order valence-corrected chi connectivity index (χ4v) is 11.8. The summed E-state index contributed by atoms with van der Waals surface area (Å²) < 4.78 is 0. The molecule has 3 aliphatic carbocycles. The quantitative estimate of drug-likeness (QED) is 0.168. The summed E-state index contributed by atoms with van der Waals surface area (Å²) in [7, 11) is 0. The molecule has 0 aromatic heterocycles. The number of anilines is 3. The first-order chi connectivity index (χ1) is 31.0. The summed E-state index contributed by atoms with van der Waals surface area (Å²) in [5, 5.41) is 2.48. The molecule has 0 atom stereocenters. The van der Waals surface area contributed by atoms with Gasteiger partial charge in [-0.2, -0.15) is 0 Å². The van der Waals surface area contributed by atoms with Crippen molar-refractivity contribution < 1.29 is 0 Å². The molecular weight excluding hydrogens is 759 g/mol. The maximum atomic E-state index is 2.58. The monoisotopic (exact) mass is 801 g/mol. The Kier molecular flexibility index (Phi) is 7.64. The standard InChI is InChI=1S/C62H43N/c1-61(2)52-29-10-8-26-51(52)59-49(27-16-33-56(59)61)48-25-9-14-34-57(48)63(44-21-15-20-42(39-44)43-37-36-40-18-3-4-19-41(40)38-43)58-35-17-28-50-47-24-7-13-32-55(47)62(60(50)58)53-30-11-5-22-45(53)46-23-6-12-31-54(46)62/h3-39H,1-2H3. The molecule has 0 aliphatic heterocycles. The predicted octanol–water partition coefficient (Wildman–Crippen LogP) is 16.3. The average molecular weight is 802 g/mol. The second kappa shape index (κ2) is 13.4. The van der Waals surface area contributed by atoms with Gasteiger partial charge in [0.15, 0.2) is 0 Å². The van der Waals surface area contributed by atoms with Crippen molar-refractivity contribution in [1.29, 1.82) is 0 Å². The zero-order valence-electron chi connectivity index (χ0n) is 35.3. The van der Waals surface area contributed by atoms with Gasteiger partial charge in [-0.15, -0.1) is 0 Å². The molecule has 296 valence electrons. The van der Waals surface area contributed by atoms with Crippen molar-refractivity contribution in [3.8, 4) is 55.6 Å². The summed E-state index contributed by atoms with van der Waals surface area (Å²) in [5.74, 6) is 0. The van der Waals surface area contributed by atoms with E-state index in [1.165, 1.54) is 105 Å². The van der Waals surface area contributed by atoms with Crippen LogP contribution in [0.3, 0.4) is 0 Å². The third-order valence-electron chi connectivity index (χ3n) is 14.5. The molecule has 0 unspecified atom stereocenters. The third kappa shape index (κ3) is 4.94. The summed E-state index contributed by atoms with van der Waals surface area (Å²) >= 11 is 0. The summed E-state index contributed by atoms with van der Waals surface area (Å²) in [6.45, 7) is 4.75. The van der Waals surface area contributed by atoms with Crippen LogP contribution in [0.25, 0.3) is 66.4 Å². The van der Waals surface area contributed by atoms with Crippen molar-refractivity contribution in [3.05, 3.63) is 258 Å². The molecule has 13 rings (SSSR count). The van der Waals surface area contributed by atoms with Gasteiger partial charge in [-0.25, -0.2) is 0 Å². The molecule has 0 saturated heterocycles. The van der Waals surface area contributed by atoms with E-state index < -0.39 is 5.41 Å². The predicted molar refractivity (Wildman–Crippen MR) is 263 cm³/mol. The normalized spacial score (nSPS) is 14.1. The lowest BCUT2D eigenvalue weighted by molar-refractivity contribution is 0.660. The van der Waals surface area contributed by atoms with Gasteiger partial charge in [-0.3, -0.25) is 0 Å². The zero-order chi connectivity index (χ0) is 41.9. The maximum absolute atomic E-state index is 2.58. The van der Waals surface area contributed by atoms with Gasteiger partial charge in [-0.1, -0.05) is 208 Å². The van der Waals surface area contributed by atoms with Gasteiger partial charge in [0.05, 0.1) is 16.8 Å². The zero-order valence-corrected chi connectivity index (χ0v) is 35.3. The molecule has 0 saturated carbocycles. The highest BCUT2D eigenvalue weighted by Gasteiger charge is 2.53. The molecule has 0 bridgehead atoms. The summed E-state index contributed by atoms with van der Waals surface area (Å²) in [6.07, 6.45) is 0. The van der Waals surface area contributed by atoms with Crippen LogP contribution in [-0.4, -0.2) is 0 Å². The Morgan fingerprint density at radius 2 is 0.810 bits per heavy atom. The lowest BCUT2D eigenvalue weighted by Crippen LogP contribution is -2.28. The number of rotatable bonds is 5. The van der Waals surface area contributed by atoms with Crippen LogP contribution in [0.15, 0.2) is 224 Å². The van der Waals surface area contributed by atoms with E-state index in [9.17, 15) is 0 Å². The van der Waals surface area contributed by atoms with Crippen LogP contribution in [0.5, 0.6) is 0 Å². The first kappa shape index (κ1) is 36.0. The highest BCUT2D eigenvalue weighted by Crippen LogP contribution is 2.66. The molecule has 1 spiro atoms. The van der Waals surface area contributed by atoms with Crippen LogP contribution in [-0.2, 0) is 10.8 Å². The minimum atomic E-state index is -0.532. The van der Waals surface area contributed by atoms with E-state index in [0.717, 1.165) is 11.4 Å². The van der Waals surface area contributed by atoms with Crippen LogP contribution in [0, 0.1) is 0 Å². The molecule has 10 aromatic carbocycles. The molecule has 3 aliphatic rings. The fourth-order valence-electron chi connectivity index (χ4n) is 11.8.